The lowest BCUT2D eigenvalue weighted by Crippen LogP contribution is -2.22. The third-order valence-electron chi connectivity index (χ3n) is 4.31. The molecule has 1 aromatic carbocycles. The molecule has 0 saturated heterocycles. The van der Waals surface area contributed by atoms with Crippen molar-refractivity contribution in [2.24, 2.45) is 14.1 Å². The quantitative estimate of drug-likeness (QED) is 0.733. The highest BCUT2D eigenvalue weighted by molar-refractivity contribution is 6.10. The van der Waals surface area contributed by atoms with Gasteiger partial charge in [-0.3, -0.25) is 28.5 Å². The van der Waals surface area contributed by atoms with Gasteiger partial charge in [0.15, 0.2) is 0 Å². The van der Waals surface area contributed by atoms with Gasteiger partial charge in [-0.25, -0.2) is 4.79 Å². The molecule has 7 heteroatoms. The molecule has 126 valence electrons. The van der Waals surface area contributed by atoms with E-state index in [0.717, 1.165) is 11.9 Å². The van der Waals surface area contributed by atoms with Crippen LogP contribution < -0.4 is 11.2 Å². The van der Waals surface area contributed by atoms with Crippen LogP contribution in [0, 0.1) is 6.92 Å². The summed E-state index contributed by atoms with van der Waals surface area (Å²) in [6, 6.07) is 5.11. The number of aryl methyl sites for hydroxylation is 4. The highest BCUT2D eigenvalue weighted by atomic mass is 16.2. The van der Waals surface area contributed by atoms with Crippen LogP contribution in [0.25, 0.3) is 11.0 Å². The van der Waals surface area contributed by atoms with Crippen molar-refractivity contribution in [1.82, 2.24) is 18.9 Å². The number of hydrogen-bond donors (Lipinski definition) is 1. The minimum atomic E-state index is -0.350. The summed E-state index contributed by atoms with van der Waals surface area (Å²) < 4.78 is 4.52. The molecule has 0 aliphatic carbocycles. The molecular weight excluding hydrogens is 308 g/mol. The number of ketones is 1. The van der Waals surface area contributed by atoms with Gasteiger partial charge in [0.05, 0.1) is 11.0 Å². The van der Waals surface area contributed by atoms with Crippen LogP contribution in [0.2, 0.25) is 0 Å². The lowest BCUT2D eigenvalue weighted by molar-refractivity contribution is 0.103. The van der Waals surface area contributed by atoms with Crippen molar-refractivity contribution in [3.63, 3.8) is 0 Å². The highest BCUT2D eigenvalue weighted by Crippen LogP contribution is 2.18. The van der Waals surface area contributed by atoms with Crippen molar-refractivity contribution in [1.29, 1.82) is 0 Å². The zero-order valence-corrected chi connectivity index (χ0v) is 14.2. The second-order valence-corrected chi connectivity index (χ2v) is 6.00. The fraction of sp³-hybridized carbons (Fsp3) is 0.353. The predicted octanol–water partition coefficient (Wildman–Crippen LogP) is 1.32. The van der Waals surface area contributed by atoms with Gasteiger partial charge in [0.1, 0.15) is 5.56 Å². The second-order valence-electron chi connectivity index (χ2n) is 6.00. The van der Waals surface area contributed by atoms with Crippen molar-refractivity contribution in [3.8, 4) is 0 Å². The van der Waals surface area contributed by atoms with Gasteiger partial charge in [-0.15, -0.1) is 0 Å². The first kappa shape index (κ1) is 16.0. The maximum Gasteiger partial charge on any atom is 0.328 e. The first-order valence-electron chi connectivity index (χ1n) is 7.86. The van der Waals surface area contributed by atoms with Gasteiger partial charge in [-0.1, -0.05) is 6.92 Å². The summed E-state index contributed by atoms with van der Waals surface area (Å²) in [6.45, 7) is 4.27. The van der Waals surface area contributed by atoms with E-state index in [9.17, 15) is 14.4 Å². The Morgan fingerprint density at radius 3 is 2.46 bits per heavy atom. The number of nitrogens with one attached hydrogen (secondary N) is 1. The summed E-state index contributed by atoms with van der Waals surface area (Å²) in [4.78, 5) is 37.2. The summed E-state index contributed by atoms with van der Waals surface area (Å²) in [5.41, 5.74) is 2.09. The molecule has 0 fully saturated rings. The fourth-order valence-corrected chi connectivity index (χ4v) is 3.09. The predicted molar refractivity (Wildman–Crippen MR) is 91.7 cm³/mol. The molecule has 0 radical (unpaired) electrons. The number of fused-ring (bicyclic) bond motifs is 1. The number of aromatic nitrogens is 4. The van der Waals surface area contributed by atoms with Crippen LogP contribution in [0.5, 0.6) is 0 Å². The molecule has 24 heavy (non-hydrogen) atoms. The summed E-state index contributed by atoms with van der Waals surface area (Å²) in [5.74, 6) is -0.337. The fourth-order valence-electron chi connectivity index (χ4n) is 3.09. The number of carbonyl (C=O) groups is 1. The largest absolute Gasteiger partial charge is 0.328 e. The van der Waals surface area contributed by atoms with Crippen LogP contribution in [0.3, 0.4) is 0 Å². The van der Waals surface area contributed by atoms with E-state index < -0.39 is 0 Å². The van der Waals surface area contributed by atoms with E-state index in [-0.39, 0.29) is 22.6 Å². The Bertz CT molecular complexity index is 1060. The Morgan fingerprint density at radius 1 is 1.17 bits per heavy atom. The standard InChI is InChI=1S/C17H20N4O3/c1-5-8-21-13-9-11(6-7-12(13)19(3)17(21)24)15(22)14-10(2)18-20(4)16(14)23/h6-7,9,18H,5,8H2,1-4H3. The van der Waals surface area contributed by atoms with Crippen molar-refractivity contribution < 1.29 is 4.79 Å². The summed E-state index contributed by atoms with van der Waals surface area (Å²) in [7, 11) is 3.29. The molecule has 3 rings (SSSR count). The third kappa shape index (κ3) is 2.24. The number of rotatable bonds is 4. The van der Waals surface area contributed by atoms with Crippen LogP contribution in [-0.2, 0) is 20.6 Å². The molecule has 7 nitrogen and oxygen atoms in total. The zero-order chi connectivity index (χ0) is 17.6. The van der Waals surface area contributed by atoms with Gasteiger partial charge in [0, 0.05) is 31.9 Å². The van der Waals surface area contributed by atoms with Crippen molar-refractivity contribution >= 4 is 16.8 Å². The lowest BCUT2D eigenvalue weighted by atomic mass is 10.0. The Hall–Kier alpha value is -2.83. The molecule has 2 aromatic heterocycles. The first-order chi connectivity index (χ1) is 11.4. The van der Waals surface area contributed by atoms with Crippen molar-refractivity contribution in [2.75, 3.05) is 0 Å². The molecule has 0 atom stereocenters. The smallest absolute Gasteiger partial charge is 0.299 e. The Kier molecular flexibility index (Phi) is 3.79. The number of H-pyrrole nitrogens is 1. The summed E-state index contributed by atoms with van der Waals surface area (Å²) >= 11 is 0. The molecule has 3 aromatic rings. The minimum absolute atomic E-state index is 0.106. The van der Waals surface area contributed by atoms with Crippen LogP contribution in [-0.4, -0.2) is 24.7 Å². The normalized spacial score (nSPS) is 11.3. The van der Waals surface area contributed by atoms with Crippen LogP contribution in [0.1, 0.15) is 35.0 Å². The number of aromatic amines is 1. The Morgan fingerprint density at radius 2 is 1.88 bits per heavy atom. The molecule has 0 spiro atoms. The number of nitrogens with zero attached hydrogens (tertiary/aromatic N) is 3. The van der Waals surface area contributed by atoms with Crippen LogP contribution >= 0.6 is 0 Å². The minimum Gasteiger partial charge on any atom is -0.299 e. The van der Waals surface area contributed by atoms with Gasteiger partial charge >= 0.3 is 5.69 Å². The monoisotopic (exact) mass is 328 g/mol. The average molecular weight is 328 g/mol. The van der Waals surface area contributed by atoms with E-state index in [2.05, 4.69) is 5.10 Å². The Balaban J connectivity index is 2.21. The number of carbonyl (C=O) groups excluding carboxylic acids is 1. The molecule has 1 N–H and O–H groups in total. The SMILES string of the molecule is CCCn1c(=O)n(C)c2ccc(C(=O)c3c(C)[nH]n(C)c3=O)cc21. The molecule has 0 amide bonds. The number of imidazole rings is 1. The van der Waals surface area contributed by atoms with E-state index in [1.54, 1.807) is 48.4 Å². The zero-order valence-electron chi connectivity index (χ0n) is 14.2. The number of benzene rings is 1. The molecule has 0 aliphatic rings. The first-order valence-corrected chi connectivity index (χ1v) is 7.86. The lowest BCUT2D eigenvalue weighted by Gasteiger charge is -2.03. The highest BCUT2D eigenvalue weighted by Gasteiger charge is 2.20. The van der Waals surface area contributed by atoms with E-state index in [1.807, 2.05) is 6.92 Å². The number of hydrogen-bond acceptors (Lipinski definition) is 3. The van der Waals surface area contributed by atoms with Crippen molar-refractivity contribution in [2.45, 2.75) is 26.8 Å². The van der Waals surface area contributed by atoms with Crippen LogP contribution in [0.4, 0.5) is 0 Å². The van der Waals surface area contributed by atoms with Crippen LogP contribution in [0.15, 0.2) is 27.8 Å². The topological polar surface area (TPSA) is 81.8 Å². The van der Waals surface area contributed by atoms with E-state index in [4.69, 9.17) is 0 Å². The maximum absolute atomic E-state index is 12.8. The van der Waals surface area contributed by atoms with Gasteiger partial charge < -0.3 is 0 Å². The average Bonchev–Trinajstić information content (AvgIpc) is 2.95. The van der Waals surface area contributed by atoms with Gasteiger partial charge in [0.2, 0.25) is 5.78 Å². The molecule has 0 saturated carbocycles. The second kappa shape index (κ2) is 5.67. The maximum atomic E-state index is 12.8. The molecule has 0 unspecified atom stereocenters. The third-order valence-corrected chi connectivity index (χ3v) is 4.31. The summed E-state index contributed by atoms with van der Waals surface area (Å²) in [6.07, 6.45) is 0.814. The van der Waals surface area contributed by atoms with E-state index in [0.29, 0.717) is 23.3 Å². The van der Waals surface area contributed by atoms with Gasteiger partial charge in [0.25, 0.3) is 5.56 Å². The van der Waals surface area contributed by atoms with Gasteiger partial charge in [-0.2, -0.15) is 0 Å². The van der Waals surface area contributed by atoms with Crippen molar-refractivity contribution in [3.05, 3.63) is 55.9 Å². The summed E-state index contributed by atoms with van der Waals surface area (Å²) in [5, 5.41) is 2.83. The molecule has 2 heterocycles. The molecule has 0 aliphatic heterocycles. The van der Waals surface area contributed by atoms with Gasteiger partial charge in [-0.05, 0) is 31.5 Å². The van der Waals surface area contributed by atoms with E-state index in [1.165, 1.54) is 4.68 Å². The molecular formula is C17H20N4O3. The Labute approximate surface area is 138 Å². The molecule has 0 bridgehead atoms. The van der Waals surface area contributed by atoms with E-state index >= 15 is 0 Å².